The number of amides is 1. The number of rotatable bonds is 6. The maximum absolute atomic E-state index is 14.1. The second kappa shape index (κ2) is 11.1. The van der Waals surface area contributed by atoms with Crippen LogP contribution >= 0.6 is 11.3 Å². The van der Waals surface area contributed by atoms with Crippen LogP contribution in [-0.2, 0) is 4.79 Å². The number of allylic oxidation sites excluding steroid dienone is 1. The van der Waals surface area contributed by atoms with Crippen molar-refractivity contribution in [3.8, 4) is 11.4 Å². The highest BCUT2D eigenvalue weighted by Crippen LogP contribution is 2.32. The third-order valence-electron chi connectivity index (χ3n) is 7.50. The highest BCUT2D eigenvalue weighted by Gasteiger charge is 2.32. The number of ether oxygens (including phenoxy) is 1. The lowest BCUT2D eigenvalue weighted by molar-refractivity contribution is -0.113. The normalized spacial score (nSPS) is 14.9. The Morgan fingerprint density at radius 2 is 1.62 bits per heavy atom. The fourth-order valence-electron chi connectivity index (χ4n) is 5.48. The lowest BCUT2D eigenvalue weighted by atomic mass is 9.95. The van der Waals surface area contributed by atoms with Gasteiger partial charge in [-0.1, -0.05) is 59.9 Å². The second-order valence-electron chi connectivity index (χ2n) is 10.2. The number of thiazole rings is 1. The first-order valence-electron chi connectivity index (χ1n) is 13.6. The van der Waals surface area contributed by atoms with E-state index in [1.165, 1.54) is 11.3 Å². The largest absolute Gasteiger partial charge is 0.497 e. The van der Waals surface area contributed by atoms with Crippen molar-refractivity contribution in [3.05, 3.63) is 144 Å². The molecule has 8 heteroatoms. The van der Waals surface area contributed by atoms with Gasteiger partial charge in [0.05, 0.1) is 29.0 Å². The number of carbonyl (C=O) groups is 1. The number of benzene rings is 3. The first-order valence-corrected chi connectivity index (χ1v) is 14.4. The fourth-order valence-corrected chi connectivity index (χ4v) is 6.52. The number of fused-ring (bicyclic) bond motifs is 1. The van der Waals surface area contributed by atoms with E-state index in [1.807, 2.05) is 85.8 Å². The number of methoxy groups -OCH3 is 1. The Kier molecular flexibility index (Phi) is 7.22. The molecule has 6 rings (SSSR count). The highest BCUT2D eigenvalue weighted by molar-refractivity contribution is 7.07. The number of carbonyl (C=O) groups excluding carboxylic acids is 1. The topological polar surface area (TPSA) is 77.6 Å². The van der Waals surface area contributed by atoms with Crippen LogP contribution in [0.1, 0.15) is 35.5 Å². The van der Waals surface area contributed by atoms with Crippen molar-refractivity contribution in [2.75, 3.05) is 12.4 Å². The molecular formula is C34H30N4O3S. The quantitative estimate of drug-likeness (QED) is 0.299. The lowest BCUT2D eigenvalue weighted by Crippen LogP contribution is -2.40. The van der Waals surface area contributed by atoms with E-state index < -0.39 is 6.04 Å². The summed E-state index contributed by atoms with van der Waals surface area (Å²) in [5, 5.41) is 2.99. The van der Waals surface area contributed by atoms with Crippen molar-refractivity contribution in [1.29, 1.82) is 0 Å². The highest BCUT2D eigenvalue weighted by atomic mass is 32.1. The van der Waals surface area contributed by atoms with Crippen LogP contribution in [0.3, 0.4) is 0 Å². The van der Waals surface area contributed by atoms with Crippen molar-refractivity contribution in [2.45, 2.75) is 26.8 Å². The van der Waals surface area contributed by atoms with Crippen LogP contribution in [0.5, 0.6) is 5.75 Å². The third-order valence-corrected chi connectivity index (χ3v) is 8.48. The van der Waals surface area contributed by atoms with Crippen molar-refractivity contribution in [3.63, 3.8) is 0 Å². The number of anilines is 1. The summed E-state index contributed by atoms with van der Waals surface area (Å²) in [6.45, 7) is 5.93. The molecule has 2 aromatic heterocycles. The zero-order valence-corrected chi connectivity index (χ0v) is 24.6. The van der Waals surface area contributed by atoms with Crippen molar-refractivity contribution in [2.24, 2.45) is 4.99 Å². The molecule has 3 heterocycles. The average Bonchev–Trinajstić information content (AvgIpc) is 3.46. The molecule has 1 atom stereocenters. The molecule has 0 saturated heterocycles. The van der Waals surface area contributed by atoms with Crippen molar-refractivity contribution in [1.82, 2.24) is 9.13 Å². The smallest absolute Gasteiger partial charge is 0.271 e. The summed E-state index contributed by atoms with van der Waals surface area (Å²) in [5.74, 6) is 0.389. The number of para-hydroxylation sites is 2. The molecule has 3 aromatic carbocycles. The molecule has 210 valence electrons. The minimum atomic E-state index is -0.658. The van der Waals surface area contributed by atoms with E-state index >= 15 is 0 Å². The molecule has 1 aliphatic rings. The van der Waals surface area contributed by atoms with Gasteiger partial charge >= 0.3 is 0 Å². The Bertz CT molecular complexity index is 2000. The van der Waals surface area contributed by atoms with Crippen LogP contribution in [0.15, 0.2) is 112 Å². The van der Waals surface area contributed by atoms with Gasteiger partial charge in [-0.3, -0.25) is 14.2 Å². The molecular weight excluding hydrogens is 544 g/mol. The molecule has 1 amide bonds. The van der Waals surface area contributed by atoms with E-state index in [4.69, 9.17) is 9.73 Å². The Morgan fingerprint density at radius 1 is 0.952 bits per heavy atom. The van der Waals surface area contributed by atoms with Gasteiger partial charge in [-0.15, -0.1) is 0 Å². The molecule has 0 saturated carbocycles. The summed E-state index contributed by atoms with van der Waals surface area (Å²) in [4.78, 5) is 33.2. The van der Waals surface area contributed by atoms with Crippen molar-refractivity contribution < 1.29 is 9.53 Å². The maximum atomic E-state index is 14.1. The Morgan fingerprint density at radius 3 is 2.29 bits per heavy atom. The van der Waals surface area contributed by atoms with Crippen LogP contribution in [0, 0.1) is 13.8 Å². The Hall–Kier alpha value is -4.95. The first kappa shape index (κ1) is 27.2. The van der Waals surface area contributed by atoms with Gasteiger partial charge in [-0.05, 0) is 80.4 Å². The number of aromatic nitrogens is 2. The number of nitrogens with one attached hydrogen (secondary N) is 1. The molecule has 0 spiro atoms. The maximum Gasteiger partial charge on any atom is 0.271 e. The molecule has 0 fully saturated rings. The van der Waals surface area contributed by atoms with Gasteiger partial charge in [-0.2, -0.15) is 0 Å². The minimum absolute atomic E-state index is 0.193. The summed E-state index contributed by atoms with van der Waals surface area (Å²) < 4.78 is 9.74. The van der Waals surface area contributed by atoms with Crippen LogP contribution < -0.4 is 24.9 Å². The first-order chi connectivity index (χ1) is 20.4. The Labute approximate surface area is 247 Å². The molecule has 0 radical (unpaired) electrons. The molecule has 7 nitrogen and oxygen atoms in total. The summed E-state index contributed by atoms with van der Waals surface area (Å²) in [6, 6.07) is 28.3. The van der Waals surface area contributed by atoms with Gasteiger partial charge in [0.15, 0.2) is 4.80 Å². The van der Waals surface area contributed by atoms with Gasteiger partial charge in [0.1, 0.15) is 5.75 Å². The van der Waals surface area contributed by atoms with E-state index in [0.29, 0.717) is 32.0 Å². The predicted octanol–water partition coefficient (Wildman–Crippen LogP) is 5.29. The van der Waals surface area contributed by atoms with Crippen LogP contribution in [0.4, 0.5) is 5.69 Å². The summed E-state index contributed by atoms with van der Waals surface area (Å²) >= 11 is 1.33. The second-order valence-corrected chi connectivity index (χ2v) is 11.2. The number of hydrogen-bond donors (Lipinski definition) is 1. The Balaban J connectivity index is 1.49. The molecule has 0 aliphatic carbocycles. The molecule has 0 bridgehead atoms. The van der Waals surface area contributed by atoms with Gasteiger partial charge in [0.25, 0.3) is 11.5 Å². The van der Waals surface area contributed by atoms with Gasteiger partial charge in [0, 0.05) is 22.8 Å². The number of hydrogen-bond acceptors (Lipinski definition) is 5. The van der Waals surface area contributed by atoms with E-state index in [2.05, 4.69) is 41.9 Å². The minimum Gasteiger partial charge on any atom is -0.497 e. The fraction of sp³-hybridized carbons (Fsp3) is 0.147. The van der Waals surface area contributed by atoms with Gasteiger partial charge in [0.2, 0.25) is 0 Å². The lowest BCUT2D eigenvalue weighted by Gasteiger charge is -2.25. The third kappa shape index (κ3) is 4.90. The van der Waals surface area contributed by atoms with Crippen LogP contribution in [0.25, 0.3) is 11.8 Å². The molecule has 1 aliphatic heterocycles. The van der Waals surface area contributed by atoms with Gasteiger partial charge in [-0.25, -0.2) is 4.99 Å². The van der Waals surface area contributed by atoms with Crippen LogP contribution in [0.2, 0.25) is 0 Å². The standard InChI is InChI=1S/C34H30N4O3S/c1-21-19-25(23(3)37(21)27-13-9-6-10-14-27)20-29-33(40)38-31(24-15-17-28(41-4)18-16-24)30(22(2)35-34(38)42-29)32(39)36-26-11-7-5-8-12-26/h5-20,31H,1-4H3,(H,36,39)/b29-20+/t31-/m1/s1. The van der Waals surface area contributed by atoms with E-state index in [-0.39, 0.29) is 11.5 Å². The van der Waals surface area contributed by atoms with E-state index in [9.17, 15) is 9.59 Å². The summed E-state index contributed by atoms with van der Waals surface area (Å²) in [5.41, 5.74) is 6.39. The molecule has 42 heavy (non-hydrogen) atoms. The SMILES string of the molecule is COc1ccc([C@@H]2C(C(=O)Nc3ccccc3)=C(C)N=c3s/c(=C/c4cc(C)n(-c5ccccc5)c4C)c(=O)n32)cc1. The molecule has 1 N–H and O–H groups in total. The average molecular weight is 575 g/mol. The monoisotopic (exact) mass is 574 g/mol. The van der Waals surface area contributed by atoms with Crippen molar-refractivity contribution >= 4 is 29.0 Å². The van der Waals surface area contributed by atoms with E-state index in [1.54, 1.807) is 11.7 Å². The van der Waals surface area contributed by atoms with E-state index in [0.717, 1.165) is 28.2 Å². The van der Waals surface area contributed by atoms with Crippen LogP contribution in [-0.4, -0.2) is 22.2 Å². The predicted molar refractivity (Wildman–Crippen MR) is 167 cm³/mol. The molecule has 0 unspecified atom stereocenters. The summed E-state index contributed by atoms with van der Waals surface area (Å²) in [7, 11) is 1.61. The molecule has 5 aromatic rings. The number of aryl methyl sites for hydroxylation is 1. The number of nitrogens with zero attached hydrogens (tertiary/aromatic N) is 3. The summed E-state index contributed by atoms with van der Waals surface area (Å²) in [6.07, 6.45) is 1.93. The zero-order chi connectivity index (χ0) is 29.4. The van der Waals surface area contributed by atoms with Gasteiger partial charge < -0.3 is 14.6 Å². The zero-order valence-electron chi connectivity index (χ0n) is 23.8.